The highest BCUT2D eigenvalue weighted by Crippen LogP contribution is 2.20. The first-order valence-corrected chi connectivity index (χ1v) is 4.52. The van der Waals surface area contributed by atoms with Gasteiger partial charge in [0.1, 0.15) is 0 Å². The van der Waals surface area contributed by atoms with Crippen molar-refractivity contribution in [1.82, 2.24) is 0 Å². The molecule has 0 saturated heterocycles. The molecule has 0 spiro atoms. The van der Waals surface area contributed by atoms with Gasteiger partial charge in [0.25, 0.3) is 0 Å². The molecule has 2 nitrogen and oxygen atoms in total. The highest BCUT2D eigenvalue weighted by Gasteiger charge is 2.04. The molecule has 0 amide bonds. The third-order valence-electron chi connectivity index (χ3n) is 1.64. The quantitative estimate of drug-likeness (QED) is 0.624. The lowest BCUT2D eigenvalue weighted by molar-refractivity contribution is 0.0988. The number of anilines is 1. The summed E-state index contributed by atoms with van der Waals surface area (Å²) in [5.41, 5.74) is 6.90. The van der Waals surface area contributed by atoms with Crippen molar-refractivity contribution in [2.75, 3.05) is 5.73 Å². The topological polar surface area (TPSA) is 43.1 Å². The van der Waals surface area contributed by atoms with Crippen molar-refractivity contribution in [3.63, 3.8) is 0 Å². The van der Waals surface area contributed by atoms with Crippen LogP contribution in [-0.2, 0) is 0 Å². The molecule has 0 aromatic heterocycles. The summed E-state index contributed by atoms with van der Waals surface area (Å²) in [7, 11) is 0. The predicted molar refractivity (Wildman–Crippen MR) is 53.2 cm³/mol. The molecule has 1 aromatic carbocycles. The summed E-state index contributed by atoms with van der Waals surface area (Å²) in [6.45, 7) is 1.83. The zero-order valence-corrected chi connectivity index (χ0v) is 8.39. The maximum atomic E-state index is 11.2. The second kappa shape index (κ2) is 3.72. The van der Waals surface area contributed by atoms with Crippen LogP contribution >= 0.6 is 15.9 Å². The predicted octanol–water partition coefficient (Wildman–Crippen LogP) is 2.62. The zero-order chi connectivity index (χ0) is 9.14. The first-order valence-electron chi connectivity index (χ1n) is 3.73. The highest BCUT2D eigenvalue weighted by atomic mass is 79.9. The van der Waals surface area contributed by atoms with Gasteiger partial charge in [-0.2, -0.15) is 0 Å². The number of rotatable bonds is 2. The van der Waals surface area contributed by atoms with Gasteiger partial charge in [0.05, 0.1) is 0 Å². The van der Waals surface area contributed by atoms with E-state index in [4.69, 9.17) is 5.73 Å². The van der Waals surface area contributed by atoms with Gasteiger partial charge < -0.3 is 5.73 Å². The fraction of sp³-hybridized carbons (Fsp3) is 0.222. The first kappa shape index (κ1) is 9.26. The molecule has 0 bridgehead atoms. The average molecular weight is 228 g/mol. The number of ketones is 1. The fourth-order valence-electron chi connectivity index (χ4n) is 0.921. The molecule has 0 atom stereocenters. The van der Waals surface area contributed by atoms with Crippen LogP contribution in [0.4, 0.5) is 5.69 Å². The lowest BCUT2D eigenvalue weighted by Crippen LogP contribution is -1.98. The summed E-state index contributed by atoms with van der Waals surface area (Å²) in [6.07, 6.45) is 0.515. The largest absolute Gasteiger partial charge is 0.398 e. The molecule has 2 N–H and O–H groups in total. The molecular formula is C9H10BrNO. The Bertz CT molecular complexity index is 309. The van der Waals surface area contributed by atoms with Gasteiger partial charge in [0, 0.05) is 22.1 Å². The molecule has 0 fully saturated rings. The normalized spacial score (nSPS) is 9.83. The molecule has 0 saturated carbocycles. The van der Waals surface area contributed by atoms with E-state index < -0.39 is 0 Å². The highest BCUT2D eigenvalue weighted by molar-refractivity contribution is 9.10. The molecule has 0 radical (unpaired) electrons. The third-order valence-corrected chi connectivity index (χ3v) is 2.36. The Hall–Kier alpha value is -0.830. The zero-order valence-electron chi connectivity index (χ0n) is 6.80. The third kappa shape index (κ3) is 1.85. The van der Waals surface area contributed by atoms with Crippen molar-refractivity contribution in [3.05, 3.63) is 28.2 Å². The monoisotopic (exact) mass is 227 g/mol. The lowest BCUT2D eigenvalue weighted by atomic mass is 10.1. The molecule has 1 rings (SSSR count). The average Bonchev–Trinajstić information content (AvgIpc) is 2.08. The molecule has 0 aliphatic rings. The van der Waals surface area contributed by atoms with Gasteiger partial charge in [-0.05, 0) is 28.1 Å². The van der Waals surface area contributed by atoms with E-state index >= 15 is 0 Å². The van der Waals surface area contributed by atoms with Crippen LogP contribution in [0.1, 0.15) is 23.7 Å². The minimum atomic E-state index is 0.120. The van der Waals surface area contributed by atoms with Crippen LogP contribution < -0.4 is 5.73 Å². The molecule has 3 heteroatoms. The van der Waals surface area contributed by atoms with Crippen molar-refractivity contribution in [2.24, 2.45) is 0 Å². The van der Waals surface area contributed by atoms with Crippen molar-refractivity contribution >= 4 is 27.4 Å². The Morgan fingerprint density at radius 1 is 1.58 bits per heavy atom. The SMILES string of the molecule is CCC(=O)c1ccc(Br)c(N)c1. The second-order valence-corrected chi connectivity index (χ2v) is 3.37. The number of Topliss-reactive ketones (excluding diaryl/α,β-unsaturated/α-hetero) is 1. The summed E-state index contributed by atoms with van der Waals surface area (Å²) in [6, 6.07) is 5.25. The van der Waals surface area contributed by atoms with Crippen molar-refractivity contribution in [2.45, 2.75) is 13.3 Å². The maximum absolute atomic E-state index is 11.2. The molecule has 1 aromatic rings. The number of carbonyl (C=O) groups excluding carboxylic acids is 1. The van der Waals surface area contributed by atoms with Crippen LogP contribution in [0, 0.1) is 0 Å². The minimum Gasteiger partial charge on any atom is -0.398 e. The Morgan fingerprint density at radius 3 is 2.75 bits per heavy atom. The summed E-state index contributed by atoms with van der Waals surface area (Å²) < 4.78 is 0.829. The van der Waals surface area contributed by atoms with Crippen LogP contribution in [0.2, 0.25) is 0 Å². The van der Waals surface area contributed by atoms with E-state index in [1.54, 1.807) is 18.2 Å². The molecule has 0 heterocycles. The Kier molecular flexibility index (Phi) is 2.87. The Morgan fingerprint density at radius 2 is 2.25 bits per heavy atom. The van der Waals surface area contributed by atoms with Gasteiger partial charge in [-0.25, -0.2) is 0 Å². The summed E-state index contributed by atoms with van der Waals surface area (Å²) in [4.78, 5) is 11.2. The summed E-state index contributed by atoms with van der Waals surface area (Å²) >= 11 is 3.26. The number of nitrogens with two attached hydrogens (primary N) is 1. The van der Waals surface area contributed by atoms with Crippen molar-refractivity contribution < 1.29 is 4.79 Å². The standard InChI is InChI=1S/C9H10BrNO/c1-2-9(12)6-3-4-7(10)8(11)5-6/h3-5H,2,11H2,1H3. The lowest BCUT2D eigenvalue weighted by Gasteiger charge is -2.01. The van der Waals surface area contributed by atoms with Crippen LogP contribution in [-0.4, -0.2) is 5.78 Å². The number of carbonyl (C=O) groups is 1. The number of nitrogen functional groups attached to an aromatic ring is 1. The van der Waals surface area contributed by atoms with Crippen LogP contribution in [0.3, 0.4) is 0 Å². The van der Waals surface area contributed by atoms with Crippen LogP contribution in [0.25, 0.3) is 0 Å². The molecule has 0 aliphatic carbocycles. The first-order chi connectivity index (χ1) is 5.65. The van der Waals surface area contributed by atoms with Gasteiger partial charge in [-0.15, -0.1) is 0 Å². The summed E-state index contributed by atoms with van der Waals surface area (Å²) in [5, 5.41) is 0. The Labute approximate surface area is 79.9 Å². The van der Waals surface area contributed by atoms with Gasteiger partial charge in [0.2, 0.25) is 0 Å². The van der Waals surface area contributed by atoms with Crippen LogP contribution in [0.15, 0.2) is 22.7 Å². The molecular weight excluding hydrogens is 218 g/mol. The van der Waals surface area contributed by atoms with E-state index in [1.807, 2.05) is 6.92 Å². The maximum Gasteiger partial charge on any atom is 0.162 e. The number of hydrogen-bond acceptors (Lipinski definition) is 2. The molecule has 64 valence electrons. The van der Waals surface area contributed by atoms with Gasteiger partial charge in [-0.3, -0.25) is 4.79 Å². The van der Waals surface area contributed by atoms with E-state index in [0.717, 1.165) is 4.47 Å². The van der Waals surface area contributed by atoms with E-state index in [-0.39, 0.29) is 5.78 Å². The number of halogens is 1. The number of benzene rings is 1. The van der Waals surface area contributed by atoms with E-state index in [9.17, 15) is 4.79 Å². The smallest absolute Gasteiger partial charge is 0.162 e. The van der Waals surface area contributed by atoms with Crippen molar-refractivity contribution in [3.8, 4) is 0 Å². The van der Waals surface area contributed by atoms with Crippen LogP contribution in [0.5, 0.6) is 0 Å². The molecule has 0 unspecified atom stereocenters. The van der Waals surface area contributed by atoms with Gasteiger partial charge >= 0.3 is 0 Å². The Balaban J connectivity index is 3.05. The van der Waals surface area contributed by atoms with E-state index in [1.165, 1.54) is 0 Å². The van der Waals surface area contributed by atoms with Gasteiger partial charge in [0.15, 0.2) is 5.78 Å². The minimum absolute atomic E-state index is 0.120. The molecule has 0 aliphatic heterocycles. The van der Waals surface area contributed by atoms with E-state index in [2.05, 4.69) is 15.9 Å². The van der Waals surface area contributed by atoms with Gasteiger partial charge in [-0.1, -0.05) is 13.0 Å². The number of hydrogen-bond donors (Lipinski definition) is 1. The summed E-state index contributed by atoms with van der Waals surface area (Å²) in [5.74, 6) is 0.120. The fourth-order valence-corrected chi connectivity index (χ4v) is 1.17. The molecule has 12 heavy (non-hydrogen) atoms. The van der Waals surface area contributed by atoms with Crippen molar-refractivity contribution in [1.29, 1.82) is 0 Å². The second-order valence-electron chi connectivity index (χ2n) is 2.51. The van der Waals surface area contributed by atoms with E-state index in [0.29, 0.717) is 17.7 Å².